The van der Waals surface area contributed by atoms with Crippen LogP contribution in [0, 0.1) is 16.0 Å². The Labute approximate surface area is 109 Å². The van der Waals surface area contributed by atoms with Crippen molar-refractivity contribution >= 4 is 23.6 Å². The number of carboxylic acids is 1. The van der Waals surface area contributed by atoms with E-state index in [9.17, 15) is 14.9 Å². The lowest BCUT2D eigenvalue weighted by Crippen LogP contribution is -2.36. The van der Waals surface area contributed by atoms with Gasteiger partial charge in [-0.2, -0.15) is 0 Å². The van der Waals surface area contributed by atoms with Crippen LogP contribution in [0.4, 0.5) is 5.69 Å². The Morgan fingerprint density at radius 3 is 2.56 bits per heavy atom. The molecule has 0 saturated heterocycles. The highest BCUT2D eigenvalue weighted by atomic mass is 32.2. The first-order valence-electron chi connectivity index (χ1n) is 5.32. The van der Waals surface area contributed by atoms with Crippen molar-refractivity contribution in [2.45, 2.75) is 24.8 Å². The SMILES string of the molecule is CC(C)C(NSc1ccccc1[N+](=O)[O-])C(=O)O. The predicted molar refractivity (Wildman–Crippen MR) is 68.4 cm³/mol. The van der Waals surface area contributed by atoms with Gasteiger partial charge in [0.05, 0.1) is 4.92 Å². The van der Waals surface area contributed by atoms with Crippen molar-refractivity contribution in [2.24, 2.45) is 5.92 Å². The summed E-state index contributed by atoms with van der Waals surface area (Å²) in [6.07, 6.45) is 0. The molecule has 1 aromatic rings. The third-order valence-electron chi connectivity index (χ3n) is 2.29. The Morgan fingerprint density at radius 2 is 2.06 bits per heavy atom. The zero-order valence-corrected chi connectivity index (χ0v) is 10.8. The molecule has 7 heteroatoms. The topological polar surface area (TPSA) is 92.5 Å². The number of nitro benzene ring substituents is 1. The summed E-state index contributed by atoms with van der Waals surface area (Å²) in [6.45, 7) is 3.54. The van der Waals surface area contributed by atoms with E-state index in [-0.39, 0.29) is 11.6 Å². The highest BCUT2D eigenvalue weighted by Gasteiger charge is 2.22. The third kappa shape index (κ3) is 3.71. The number of rotatable bonds is 6. The maximum Gasteiger partial charge on any atom is 0.321 e. The number of hydrogen-bond donors (Lipinski definition) is 2. The first kappa shape index (κ1) is 14.5. The maximum absolute atomic E-state index is 11.0. The van der Waals surface area contributed by atoms with E-state index in [2.05, 4.69) is 4.72 Å². The number of carbonyl (C=O) groups is 1. The molecule has 1 aromatic carbocycles. The summed E-state index contributed by atoms with van der Waals surface area (Å²) >= 11 is 0.968. The minimum Gasteiger partial charge on any atom is -0.480 e. The fourth-order valence-corrected chi connectivity index (χ4v) is 2.31. The first-order chi connectivity index (χ1) is 8.43. The lowest BCUT2D eigenvalue weighted by molar-refractivity contribution is -0.387. The van der Waals surface area contributed by atoms with Crippen molar-refractivity contribution in [3.63, 3.8) is 0 Å². The molecule has 0 aliphatic heterocycles. The van der Waals surface area contributed by atoms with Crippen molar-refractivity contribution in [1.82, 2.24) is 4.72 Å². The van der Waals surface area contributed by atoms with Crippen LogP contribution in [-0.4, -0.2) is 22.0 Å². The minimum atomic E-state index is -0.976. The van der Waals surface area contributed by atoms with Gasteiger partial charge in [0.25, 0.3) is 5.69 Å². The van der Waals surface area contributed by atoms with Gasteiger partial charge < -0.3 is 5.11 Å². The van der Waals surface area contributed by atoms with Crippen LogP contribution >= 0.6 is 11.9 Å². The molecule has 6 nitrogen and oxygen atoms in total. The molecular formula is C11H14N2O4S. The lowest BCUT2D eigenvalue weighted by atomic mass is 10.1. The molecule has 1 unspecified atom stereocenters. The van der Waals surface area contributed by atoms with Crippen LogP contribution in [-0.2, 0) is 4.79 Å². The van der Waals surface area contributed by atoms with E-state index < -0.39 is 16.9 Å². The van der Waals surface area contributed by atoms with E-state index in [4.69, 9.17) is 5.11 Å². The quantitative estimate of drug-likeness (QED) is 0.468. The summed E-state index contributed by atoms with van der Waals surface area (Å²) in [6, 6.07) is 5.45. The second-order valence-electron chi connectivity index (χ2n) is 4.00. The summed E-state index contributed by atoms with van der Waals surface area (Å²) in [5.41, 5.74) is -0.0390. The van der Waals surface area contributed by atoms with Gasteiger partial charge in [-0.25, -0.2) is 4.72 Å². The largest absolute Gasteiger partial charge is 0.480 e. The minimum absolute atomic E-state index is 0.0390. The summed E-state index contributed by atoms with van der Waals surface area (Å²) in [5, 5.41) is 19.8. The van der Waals surface area contributed by atoms with Gasteiger partial charge in [0.2, 0.25) is 0 Å². The molecule has 0 amide bonds. The molecule has 1 atom stereocenters. The Kier molecular flexibility index (Phi) is 5.11. The molecule has 1 rings (SSSR count). The van der Waals surface area contributed by atoms with Gasteiger partial charge in [-0.3, -0.25) is 14.9 Å². The molecule has 0 saturated carbocycles. The van der Waals surface area contributed by atoms with Gasteiger partial charge in [0.1, 0.15) is 10.9 Å². The van der Waals surface area contributed by atoms with Crippen molar-refractivity contribution in [2.75, 3.05) is 0 Å². The average molecular weight is 270 g/mol. The van der Waals surface area contributed by atoms with Gasteiger partial charge >= 0.3 is 5.97 Å². The second kappa shape index (κ2) is 6.36. The third-order valence-corrected chi connectivity index (χ3v) is 3.23. The molecule has 98 valence electrons. The molecule has 18 heavy (non-hydrogen) atoms. The molecule has 2 N–H and O–H groups in total. The normalized spacial score (nSPS) is 12.4. The van der Waals surface area contributed by atoms with Crippen molar-refractivity contribution in [3.8, 4) is 0 Å². The predicted octanol–water partition coefficient (Wildman–Crippen LogP) is 2.30. The van der Waals surface area contributed by atoms with E-state index in [1.54, 1.807) is 32.0 Å². The number of carboxylic acid groups (broad SMARTS) is 1. The fourth-order valence-electron chi connectivity index (χ4n) is 1.29. The maximum atomic E-state index is 11.0. The zero-order chi connectivity index (χ0) is 13.7. The Balaban J connectivity index is 2.79. The average Bonchev–Trinajstić information content (AvgIpc) is 2.28. The zero-order valence-electron chi connectivity index (χ0n) is 9.99. The number of nitrogens with one attached hydrogen (secondary N) is 1. The second-order valence-corrected chi connectivity index (χ2v) is 4.88. The Morgan fingerprint density at radius 1 is 1.44 bits per heavy atom. The van der Waals surface area contributed by atoms with Crippen LogP contribution < -0.4 is 4.72 Å². The first-order valence-corrected chi connectivity index (χ1v) is 6.13. The molecule has 0 aliphatic rings. The highest BCUT2D eigenvalue weighted by Crippen LogP contribution is 2.27. The van der Waals surface area contributed by atoms with Crippen molar-refractivity contribution in [1.29, 1.82) is 0 Å². The van der Waals surface area contributed by atoms with Gasteiger partial charge in [0.15, 0.2) is 0 Å². The van der Waals surface area contributed by atoms with Gasteiger partial charge in [0, 0.05) is 6.07 Å². The van der Waals surface area contributed by atoms with E-state index in [0.717, 1.165) is 11.9 Å². The van der Waals surface area contributed by atoms with Crippen LogP contribution in [0.1, 0.15) is 13.8 Å². The molecule has 0 aromatic heterocycles. The van der Waals surface area contributed by atoms with Crippen LogP contribution in [0.2, 0.25) is 0 Å². The molecule has 0 bridgehead atoms. The molecule has 0 aliphatic carbocycles. The van der Waals surface area contributed by atoms with Crippen LogP contribution in [0.15, 0.2) is 29.2 Å². The summed E-state index contributed by atoms with van der Waals surface area (Å²) in [5.74, 6) is -1.09. The van der Waals surface area contributed by atoms with Gasteiger partial charge in [-0.1, -0.05) is 26.0 Å². The fraction of sp³-hybridized carbons (Fsp3) is 0.364. The highest BCUT2D eigenvalue weighted by molar-refractivity contribution is 7.97. The molecule has 0 spiro atoms. The van der Waals surface area contributed by atoms with Crippen LogP contribution in [0.25, 0.3) is 0 Å². The smallest absolute Gasteiger partial charge is 0.321 e. The number of benzene rings is 1. The van der Waals surface area contributed by atoms with Gasteiger partial charge in [-0.15, -0.1) is 0 Å². The van der Waals surface area contributed by atoms with E-state index in [1.807, 2.05) is 0 Å². The van der Waals surface area contributed by atoms with E-state index >= 15 is 0 Å². The van der Waals surface area contributed by atoms with E-state index in [1.165, 1.54) is 6.07 Å². The van der Waals surface area contributed by atoms with Gasteiger partial charge in [-0.05, 0) is 23.9 Å². The van der Waals surface area contributed by atoms with Crippen LogP contribution in [0.3, 0.4) is 0 Å². The molecule has 0 heterocycles. The molecular weight excluding hydrogens is 256 g/mol. The number of hydrogen-bond acceptors (Lipinski definition) is 5. The number of aliphatic carboxylic acids is 1. The van der Waals surface area contributed by atoms with Crippen LogP contribution in [0.5, 0.6) is 0 Å². The van der Waals surface area contributed by atoms with E-state index in [0.29, 0.717) is 4.90 Å². The Bertz CT molecular complexity index is 450. The van der Waals surface area contributed by atoms with Crippen molar-refractivity contribution in [3.05, 3.63) is 34.4 Å². The number of nitrogens with zero attached hydrogens (tertiary/aromatic N) is 1. The molecule has 0 fully saturated rings. The lowest BCUT2D eigenvalue weighted by Gasteiger charge is -2.16. The Hall–Kier alpha value is -1.60. The number of nitro groups is 1. The summed E-state index contributed by atoms with van der Waals surface area (Å²) < 4.78 is 2.74. The standard InChI is InChI=1S/C11H14N2O4S/c1-7(2)10(11(14)15)12-18-9-6-4-3-5-8(9)13(16)17/h3-7,10,12H,1-2H3,(H,14,15). The summed E-state index contributed by atoms with van der Waals surface area (Å²) in [4.78, 5) is 21.7. The summed E-state index contributed by atoms with van der Waals surface area (Å²) in [7, 11) is 0. The monoisotopic (exact) mass is 270 g/mol. The molecule has 0 radical (unpaired) electrons. The van der Waals surface area contributed by atoms with Crippen molar-refractivity contribution < 1.29 is 14.8 Å². The number of para-hydroxylation sites is 1.